The molecule has 0 saturated heterocycles. The van der Waals surface area contributed by atoms with Gasteiger partial charge in [0, 0.05) is 11.7 Å². The van der Waals surface area contributed by atoms with Gasteiger partial charge in [-0.15, -0.1) is 0 Å². The smallest absolute Gasteiger partial charge is 0.241 e. The first kappa shape index (κ1) is 14.1. The first-order valence-electron chi connectivity index (χ1n) is 7.45. The lowest BCUT2D eigenvalue weighted by molar-refractivity contribution is -0.122. The molecule has 0 radical (unpaired) electrons. The van der Waals surface area contributed by atoms with Gasteiger partial charge in [0.15, 0.2) is 0 Å². The number of rotatable bonds is 3. The lowest BCUT2D eigenvalue weighted by Gasteiger charge is -2.21. The van der Waals surface area contributed by atoms with Crippen molar-refractivity contribution in [1.82, 2.24) is 15.1 Å². The second-order valence-electron chi connectivity index (χ2n) is 5.69. The highest BCUT2D eigenvalue weighted by molar-refractivity contribution is 5.76. The predicted molar refractivity (Wildman–Crippen MR) is 76.0 cm³/mol. The van der Waals surface area contributed by atoms with Crippen LogP contribution in [0.4, 0.5) is 0 Å². The number of carbonyl (C=O) groups is 1. The highest BCUT2D eigenvalue weighted by Gasteiger charge is 2.15. The molecule has 1 aliphatic carbocycles. The van der Waals surface area contributed by atoms with E-state index >= 15 is 0 Å². The molecule has 0 aromatic carbocycles. The first-order chi connectivity index (χ1) is 9.15. The fourth-order valence-corrected chi connectivity index (χ4v) is 2.84. The molecule has 1 N–H and O–H groups in total. The maximum atomic E-state index is 12.1. The van der Waals surface area contributed by atoms with Crippen LogP contribution in [0.5, 0.6) is 0 Å². The molecule has 19 heavy (non-hydrogen) atoms. The Bertz CT molecular complexity index is 417. The fourth-order valence-electron chi connectivity index (χ4n) is 2.84. The number of nitrogens with one attached hydrogen (secondary N) is 1. The third-order valence-electron chi connectivity index (χ3n) is 3.87. The van der Waals surface area contributed by atoms with Crippen LogP contribution in [-0.4, -0.2) is 21.7 Å². The number of hydrogen-bond acceptors (Lipinski definition) is 2. The van der Waals surface area contributed by atoms with Gasteiger partial charge in [0.1, 0.15) is 6.54 Å². The topological polar surface area (TPSA) is 46.9 Å². The van der Waals surface area contributed by atoms with E-state index in [1.165, 1.54) is 32.1 Å². The van der Waals surface area contributed by atoms with Gasteiger partial charge < -0.3 is 5.32 Å². The highest BCUT2D eigenvalue weighted by Crippen LogP contribution is 2.17. The molecule has 0 aliphatic heterocycles. The minimum atomic E-state index is 0.0942. The molecule has 1 aromatic heterocycles. The van der Waals surface area contributed by atoms with Gasteiger partial charge in [0.25, 0.3) is 0 Å². The highest BCUT2D eigenvalue weighted by atomic mass is 16.2. The van der Waals surface area contributed by atoms with E-state index in [2.05, 4.69) is 10.4 Å². The standard InChI is InChI=1S/C15H25N3O/c1-12-10-13(2)18(17-12)11-15(19)16-14-8-6-4-3-5-7-9-14/h10,14H,3-9,11H2,1-2H3,(H,16,19). The number of amides is 1. The number of nitrogens with zero attached hydrogens (tertiary/aromatic N) is 2. The van der Waals surface area contributed by atoms with Crippen molar-refractivity contribution >= 4 is 5.91 Å². The first-order valence-corrected chi connectivity index (χ1v) is 7.45. The molecule has 1 aromatic rings. The zero-order valence-electron chi connectivity index (χ0n) is 12.1. The lowest BCUT2D eigenvalue weighted by atomic mass is 9.97. The summed E-state index contributed by atoms with van der Waals surface area (Å²) in [5.74, 6) is 0.0942. The molecule has 1 saturated carbocycles. The molecule has 1 aliphatic rings. The van der Waals surface area contributed by atoms with Gasteiger partial charge in [0.2, 0.25) is 5.91 Å². The van der Waals surface area contributed by atoms with Gasteiger partial charge in [-0.2, -0.15) is 5.10 Å². The van der Waals surface area contributed by atoms with E-state index in [0.717, 1.165) is 24.2 Å². The van der Waals surface area contributed by atoms with E-state index < -0.39 is 0 Å². The second-order valence-corrected chi connectivity index (χ2v) is 5.69. The minimum absolute atomic E-state index is 0.0942. The molecule has 1 heterocycles. The van der Waals surface area contributed by atoms with Crippen LogP contribution in [0.2, 0.25) is 0 Å². The van der Waals surface area contributed by atoms with Gasteiger partial charge in [-0.1, -0.05) is 32.1 Å². The monoisotopic (exact) mass is 263 g/mol. The third kappa shape index (κ3) is 4.37. The van der Waals surface area contributed by atoms with Crippen LogP contribution in [0.1, 0.15) is 56.3 Å². The summed E-state index contributed by atoms with van der Waals surface area (Å²) >= 11 is 0. The average molecular weight is 263 g/mol. The van der Waals surface area contributed by atoms with Crippen LogP contribution >= 0.6 is 0 Å². The fraction of sp³-hybridized carbons (Fsp3) is 0.733. The molecule has 0 atom stereocenters. The Morgan fingerprint density at radius 2 is 1.89 bits per heavy atom. The van der Waals surface area contributed by atoms with Crippen molar-refractivity contribution in [2.45, 2.75) is 71.4 Å². The SMILES string of the molecule is Cc1cc(C)n(CC(=O)NC2CCCCCCC2)n1. The molecule has 1 amide bonds. The Morgan fingerprint density at radius 1 is 1.26 bits per heavy atom. The van der Waals surface area contributed by atoms with Crippen molar-refractivity contribution in [3.63, 3.8) is 0 Å². The minimum Gasteiger partial charge on any atom is -0.352 e. The van der Waals surface area contributed by atoms with Crippen LogP contribution in [-0.2, 0) is 11.3 Å². The van der Waals surface area contributed by atoms with Crippen molar-refractivity contribution < 1.29 is 4.79 Å². The Morgan fingerprint density at radius 3 is 2.47 bits per heavy atom. The molecule has 0 bridgehead atoms. The normalized spacial score (nSPS) is 17.8. The summed E-state index contributed by atoms with van der Waals surface area (Å²) in [4.78, 5) is 12.1. The van der Waals surface area contributed by atoms with Gasteiger partial charge in [-0.05, 0) is 32.8 Å². The zero-order valence-corrected chi connectivity index (χ0v) is 12.1. The van der Waals surface area contributed by atoms with Crippen LogP contribution < -0.4 is 5.32 Å². The van der Waals surface area contributed by atoms with Crippen molar-refractivity contribution in [3.05, 3.63) is 17.5 Å². The Kier molecular flexibility index (Phi) is 5.00. The molecular formula is C15H25N3O. The van der Waals surface area contributed by atoms with Crippen molar-refractivity contribution in [2.75, 3.05) is 0 Å². The Labute approximate surface area is 115 Å². The van der Waals surface area contributed by atoms with Crippen molar-refractivity contribution in [1.29, 1.82) is 0 Å². The van der Waals surface area contributed by atoms with Crippen molar-refractivity contribution in [3.8, 4) is 0 Å². The van der Waals surface area contributed by atoms with E-state index in [0.29, 0.717) is 12.6 Å². The molecule has 1 fully saturated rings. The van der Waals surface area contributed by atoms with Gasteiger partial charge in [0.05, 0.1) is 5.69 Å². The molecule has 0 spiro atoms. The number of aryl methyl sites for hydroxylation is 2. The van der Waals surface area contributed by atoms with E-state index in [1.54, 1.807) is 4.68 Å². The summed E-state index contributed by atoms with van der Waals surface area (Å²) in [5, 5.41) is 7.50. The quantitative estimate of drug-likeness (QED) is 0.911. The van der Waals surface area contributed by atoms with Crippen LogP contribution in [0, 0.1) is 13.8 Å². The van der Waals surface area contributed by atoms with E-state index in [-0.39, 0.29) is 5.91 Å². The van der Waals surface area contributed by atoms with Gasteiger partial charge in [-0.3, -0.25) is 9.48 Å². The lowest BCUT2D eigenvalue weighted by Crippen LogP contribution is -2.37. The number of carbonyl (C=O) groups excluding carboxylic acids is 1. The molecular weight excluding hydrogens is 238 g/mol. The third-order valence-corrected chi connectivity index (χ3v) is 3.87. The zero-order chi connectivity index (χ0) is 13.7. The van der Waals surface area contributed by atoms with E-state index in [9.17, 15) is 4.79 Å². The van der Waals surface area contributed by atoms with Gasteiger partial charge in [-0.25, -0.2) is 0 Å². The van der Waals surface area contributed by atoms with Crippen LogP contribution in [0.3, 0.4) is 0 Å². The molecule has 0 unspecified atom stereocenters. The van der Waals surface area contributed by atoms with Crippen LogP contribution in [0.15, 0.2) is 6.07 Å². The summed E-state index contributed by atoms with van der Waals surface area (Å²) in [6.45, 7) is 4.29. The molecule has 2 rings (SSSR count). The Hall–Kier alpha value is -1.32. The largest absolute Gasteiger partial charge is 0.352 e. The van der Waals surface area contributed by atoms with Gasteiger partial charge >= 0.3 is 0 Å². The molecule has 4 nitrogen and oxygen atoms in total. The number of aromatic nitrogens is 2. The molecule has 106 valence electrons. The number of hydrogen-bond donors (Lipinski definition) is 1. The summed E-state index contributed by atoms with van der Waals surface area (Å²) in [6, 6.07) is 2.37. The van der Waals surface area contributed by atoms with E-state index in [1.807, 2.05) is 19.9 Å². The van der Waals surface area contributed by atoms with E-state index in [4.69, 9.17) is 0 Å². The molecule has 4 heteroatoms. The second kappa shape index (κ2) is 6.73. The summed E-state index contributed by atoms with van der Waals surface area (Å²) in [5.41, 5.74) is 2.02. The predicted octanol–water partition coefficient (Wildman–Crippen LogP) is 2.73. The maximum Gasteiger partial charge on any atom is 0.241 e. The summed E-state index contributed by atoms with van der Waals surface area (Å²) in [6.07, 6.45) is 8.71. The van der Waals surface area contributed by atoms with Crippen LogP contribution in [0.25, 0.3) is 0 Å². The summed E-state index contributed by atoms with van der Waals surface area (Å²) in [7, 11) is 0. The van der Waals surface area contributed by atoms with Crippen molar-refractivity contribution in [2.24, 2.45) is 0 Å². The average Bonchev–Trinajstić information content (AvgIpc) is 2.61. The summed E-state index contributed by atoms with van der Waals surface area (Å²) < 4.78 is 1.79. The maximum absolute atomic E-state index is 12.1. The Balaban J connectivity index is 1.84.